The van der Waals surface area contributed by atoms with Crippen LogP contribution in [-0.4, -0.2) is 4.57 Å². The third-order valence-electron chi connectivity index (χ3n) is 8.65. The lowest BCUT2D eigenvalue weighted by atomic mass is 9.99. The maximum Gasteiger partial charge on any atom is 0.0541 e. The lowest BCUT2D eigenvalue weighted by Gasteiger charge is -2.20. The Morgan fingerprint density at radius 2 is 0.778 bits per heavy atom. The molecular formula is C42H27NS2. The van der Waals surface area contributed by atoms with Crippen molar-refractivity contribution in [1.29, 1.82) is 0 Å². The SMILES string of the molecule is c1ccc(-c2cccc(-c3ccc4c(c3)Sc3ccc(-c5cccc(-n6c7ccccc7c7ccccc76)c5)cc3S4)c2)cc1. The molecule has 0 saturated carbocycles. The Balaban J connectivity index is 1.04. The van der Waals surface area contributed by atoms with Gasteiger partial charge in [0.1, 0.15) is 0 Å². The molecule has 0 saturated heterocycles. The van der Waals surface area contributed by atoms with Gasteiger partial charge in [-0.3, -0.25) is 0 Å². The van der Waals surface area contributed by atoms with E-state index in [0.717, 1.165) is 0 Å². The van der Waals surface area contributed by atoms with E-state index in [-0.39, 0.29) is 0 Å². The molecule has 0 unspecified atom stereocenters. The first-order chi connectivity index (χ1) is 22.3. The summed E-state index contributed by atoms with van der Waals surface area (Å²) in [4.78, 5) is 5.25. The molecule has 0 aliphatic carbocycles. The van der Waals surface area contributed by atoms with Gasteiger partial charge in [0, 0.05) is 36.0 Å². The minimum absolute atomic E-state index is 1.18. The van der Waals surface area contributed by atoms with Gasteiger partial charge in [-0.2, -0.15) is 0 Å². The lowest BCUT2D eigenvalue weighted by molar-refractivity contribution is 1.16. The number of aromatic nitrogens is 1. The fraction of sp³-hybridized carbons (Fsp3) is 0. The maximum atomic E-state index is 2.39. The molecule has 0 fully saturated rings. The number of benzene rings is 7. The quantitative estimate of drug-likeness (QED) is 0.196. The van der Waals surface area contributed by atoms with Crippen LogP contribution < -0.4 is 0 Å². The van der Waals surface area contributed by atoms with Crippen LogP contribution in [0.2, 0.25) is 0 Å². The number of para-hydroxylation sites is 2. The predicted molar refractivity (Wildman–Crippen MR) is 192 cm³/mol. The van der Waals surface area contributed by atoms with Crippen LogP contribution in [0.15, 0.2) is 183 Å². The first-order valence-corrected chi connectivity index (χ1v) is 16.8. The highest BCUT2D eigenvalue weighted by Crippen LogP contribution is 2.50. The zero-order valence-corrected chi connectivity index (χ0v) is 26.0. The monoisotopic (exact) mass is 609 g/mol. The number of rotatable bonds is 4. The van der Waals surface area contributed by atoms with Gasteiger partial charge >= 0.3 is 0 Å². The summed E-state index contributed by atoms with van der Waals surface area (Å²) in [5.41, 5.74) is 11.1. The molecule has 1 aliphatic rings. The molecule has 9 rings (SSSR count). The van der Waals surface area contributed by atoms with Crippen molar-refractivity contribution in [2.45, 2.75) is 19.6 Å². The van der Waals surface area contributed by atoms with Gasteiger partial charge in [0.25, 0.3) is 0 Å². The number of hydrogen-bond acceptors (Lipinski definition) is 2. The minimum atomic E-state index is 1.18. The Hall–Kier alpha value is -4.96. The van der Waals surface area contributed by atoms with Crippen molar-refractivity contribution in [2.75, 3.05) is 0 Å². The van der Waals surface area contributed by atoms with Crippen molar-refractivity contribution in [3.8, 4) is 39.1 Å². The molecule has 0 spiro atoms. The molecule has 1 aromatic heterocycles. The Kier molecular flexibility index (Phi) is 6.40. The second-order valence-corrected chi connectivity index (χ2v) is 13.6. The van der Waals surface area contributed by atoms with Crippen LogP contribution in [0.3, 0.4) is 0 Å². The summed E-state index contributed by atoms with van der Waals surface area (Å²) < 4.78 is 2.39. The molecular weight excluding hydrogens is 583 g/mol. The standard InChI is InChI=1S/C42H27NS2/c1-2-10-28(11-3-1)29-12-8-13-30(24-29)32-20-22-39-41(26-32)44-40-23-21-33(27-42(40)45-39)31-14-9-15-34(25-31)43-37-18-6-4-16-35(37)36-17-5-7-19-38(36)43/h1-27H. The minimum Gasteiger partial charge on any atom is -0.309 e. The van der Waals surface area contributed by atoms with Crippen LogP contribution in [0.4, 0.5) is 0 Å². The molecule has 0 radical (unpaired) electrons. The Bertz CT molecular complexity index is 2330. The van der Waals surface area contributed by atoms with E-state index in [4.69, 9.17) is 0 Å². The Labute approximate surface area is 271 Å². The van der Waals surface area contributed by atoms with E-state index in [9.17, 15) is 0 Å². The first-order valence-electron chi connectivity index (χ1n) is 15.2. The zero-order valence-electron chi connectivity index (χ0n) is 24.4. The smallest absolute Gasteiger partial charge is 0.0541 e. The van der Waals surface area contributed by atoms with Crippen molar-refractivity contribution in [3.63, 3.8) is 0 Å². The number of hydrogen-bond donors (Lipinski definition) is 0. The van der Waals surface area contributed by atoms with Crippen LogP contribution in [0.25, 0.3) is 60.9 Å². The van der Waals surface area contributed by atoms with Gasteiger partial charge in [0.05, 0.1) is 11.0 Å². The maximum absolute atomic E-state index is 2.39. The fourth-order valence-corrected chi connectivity index (χ4v) is 8.75. The van der Waals surface area contributed by atoms with Crippen molar-refractivity contribution in [3.05, 3.63) is 164 Å². The van der Waals surface area contributed by atoms with E-state index < -0.39 is 0 Å². The third-order valence-corrected chi connectivity index (χ3v) is 11.2. The summed E-state index contributed by atoms with van der Waals surface area (Å²) in [5.74, 6) is 0. The molecule has 8 aromatic rings. The largest absolute Gasteiger partial charge is 0.309 e. The average molecular weight is 610 g/mol. The van der Waals surface area contributed by atoms with E-state index >= 15 is 0 Å². The zero-order chi connectivity index (χ0) is 29.7. The van der Waals surface area contributed by atoms with Crippen LogP contribution in [0.1, 0.15) is 0 Å². The fourth-order valence-electron chi connectivity index (χ4n) is 6.47. The molecule has 0 bridgehead atoms. The molecule has 1 nitrogen and oxygen atoms in total. The molecule has 0 amide bonds. The van der Waals surface area contributed by atoms with Crippen LogP contribution in [0.5, 0.6) is 0 Å². The highest BCUT2D eigenvalue weighted by molar-refractivity contribution is 8.05. The predicted octanol–water partition coefficient (Wildman–Crippen LogP) is 12.4. The molecule has 7 aromatic carbocycles. The summed E-state index contributed by atoms with van der Waals surface area (Å²) in [5, 5.41) is 2.57. The second-order valence-electron chi connectivity index (χ2n) is 11.4. The van der Waals surface area contributed by atoms with Crippen LogP contribution in [0, 0.1) is 0 Å². The van der Waals surface area contributed by atoms with Crippen LogP contribution in [-0.2, 0) is 0 Å². The van der Waals surface area contributed by atoms with E-state index in [1.807, 2.05) is 23.5 Å². The summed E-state index contributed by atoms with van der Waals surface area (Å²) in [6.45, 7) is 0. The van der Waals surface area contributed by atoms with Crippen molar-refractivity contribution >= 4 is 45.3 Å². The summed E-state index contributed by atoms with van der Waals surface area (Å²) >= 11 is 3.75. The normalized spacial score (nSPS) is 12.3. The molecule has 45 heavy (non-hydrogen) atoms. The van der Waals surface area contributed by atoms with Crippen molar-refractivity contribution in [1.82, 2.24) is 4.57 Å². The van der Waals surface area contributed by atoms with E-state index in [1.54, 1.807) is 0 Å². The molecule has 3 heteroatoms. The highest BCUT2D eigenvalue weighted by atomic mass is 32.2. The average Bonchev–Trinajstić information content (AvgIpc) is 3.45. The Morgan fingerprint density at radius 1 is 0.311 bits per heavy atom. The van der Waals surface area contributed by atoms with Gasteiger partial charge < -0.3 is 4.57 Å². The summed E-state index contributed by atoms with van der Waals surface area (Å²) in [7, 11) is 0. The first kappa shape index (κ1) is 26.4. The highest BCUT2D eigenvalue weighted by Gasteiger charge is 2.19. The topological polar surface area (TPSA) is 4.93 Å². The van der Waals surface area contributed by atoms with Gasteiger partial charge in [-0.15, -0.1) is 0 Å². The molecule has 1 aliphatic heterocycles. The van der Waals surface area contributed by atoms with Gasteiger partial charge in [-0.25, -0.2) is 0 Å². The van der Waals surface area contributed by atoms with E-state index in [2.05, 4.69) is 168 Å². The summed E-state index contributed by atoms with van der Waals surface area (Å²) in [6.07, 6.45) is 0. The van der Waals surface area contributed by atoms with Gasteiger partial charge in [0.2, 0.25) is 0 Å². The molecule has 212 valence electrons. The molecule has 0 atom stereocenters. The van der Waals surface area contributed by atoms with E-state index in [1.165, 1.54) is 80.5 Å². The van der Waals surface area contributed by atoms with Crippen molar-refractivity contribution < 1.29 is 0 Å². The van der Waals surface area contributed by atoms with Crippen LogP contribution >= 0.6 is 23.5 Å². The molecule has 0 N–H and O–H groups in total. The van der Waals surface area contributed by atoms with Crippen molar-refractivity contribution in [2.24, 2.45) is 0 Å². The van der Waals surface area contributed by atoms with Gasteiger partial charge in [-0.05, 0) is 88.0 Å². The number of nitrogens with zero attached hydrogens (tertiary/aromatic N) is 1. The number of fused-ring (bicyclic) bond motifs is 5. The molecule has 2 heterocycles. The van der Waals surface area contributed by atoms with Gasteiger partial charge in [0.15, 0.2) is 0 Å². The lowest BCUT2D eigenvalue weighted by Crippen LogP contribution is -1.95. The van der Waals surface area contributed by atoms with E-state index in [0.29, 0.717) is 0 Å². The van der Waals surface area contributed by atoms with Gasteiger partial charge in [-0.1, -0.05) is 133 Å². The third kappa shape index (κ3) is 4.67. The Morgan fingerprint density at radius 3 is 1.40 bits per heavy atom. The second kappa shape index (κ2) is 10.9. The summed E-state index contributed by atoms with van der Waals surface area (Å²) in [6, 6.07) is 59.6.